The molecule has 0 radical (unpaired) electrons. The van der Waals surface area contributed by atoms with Gasteiger partial charge in [0.1, 0.15) is 18.1 Å². The second-order valence-corrected chi connectivity index (χ2v) is 9.72. The van der Waals surface area contributed by atoms with Crippen LogP contribution in [-0.2, 0) is 31.6 Å². The van der Waals surface area contributed by atoms with Gasteiger partial charge in [0.05, 0.1) is 12.7 Å². The first kappa shape index (κ1) is 26.6. The van der Waals surface area contributed by atoms with Crippen molar-refractivity contribution in [2.75, 3.05) is 12.3 Å². The Morgan fingerprint density at radius 2 is 1.90 bits per heavy atom. The molecule has 0 amide bonds. The summed E-state index contributed by atoms with van der Waals surface area (Å²) in [4.78, 5) is 52.3. The summed E-state index contributed by atoms with van der Waals surface area (Å²) in [5.41, 5.74) is 4.57. The Kier molecular flexibility index (Phi) is 9.02. The molecular formula is C9H15LiN3O13P3. The van der Waals surface area contributed by atoms with Gasteiger partial charge < -0.3 is 35.2 Å². The van der Waals surface area contributed by atoms with Crippen molar-refractivity contribution in [3.8, 4) is 0 Å². The van der Waals surface area contributed by atoms with Crippen molar-refractivity contribution in [3.63, 3.8) is 0 Å². The van der Waals surface area contributed by atoms with E-state index in [1.54, 1.807) is 0 Å². The number of nitrogen functional groups attached to an aromatic ring is 1. The van der Waals surface area contributed by atoms with Gasteiger partial charge in [-0.1, -0.05) is 0 Å². The average Bonchev–Trinajstić information content (AvgIpc) is 2.82. The number of aliphatic hydroxyl groups is 1. The Bertz CT molecular complexity index is 920. The van der Waals surface area contributed by atoms with E-state index in [-0.39, 0.29) is 31.1 Å². The zero-order valence-corrected chi connectivity index (χ0v) is 17.3. The number of aromatic nitrogens is 2. The maximum atomic E-state index is 11.8. The minimum absolute atomic E-state index is 0. The maximum absolute atomic E-state index is 11.8. The van der Waals surface area contributed by atoms with E-state index in [0.29, 0.717) is 0 Å². The van der Waals surface area contributed by atoms with Gasteiger partial charge in [0.25, 0.3) is 7.82 Å². The first-order chi connectivity index (χ1) is 12.7. The number of hydrogen-bond acceptors (Lipinski definition) is 12. The van der Waals surface area contributed by atoms with Crippen LogP contribution in [0.25, 0.3) is 0 Å². The fourth-order valence-corrected chi connectivity index (χ4v) is 5.15. The molecule has 20 heteroatoms. The molecule has 6 atom stereocenters. The van der Waals surface area contributed by atoms with E-state index >= 15 is 0 Å². The van der Waals surface area contributed by atoms with Crippen molar-refractivity contribution in [3.05, 3.63) is 22.7 Å². The molecule has 0 saturated carbocycles. The Morgan fingerprint density at radius 3 is 2.45 bits per heavy atom. The molecule has 0 bridgehead atoms. The van der Waals surface area contributed by atoms with Gasteiger partial charge in [-0.15, -0.1) is 0 Å². The third-order valence-electron chi connectivity index (χ3n) is 3.18. The van der Waals surface area contributed by atoms with E-state index in [9.17, 15) is 33.4 Å². The van der Waals surface area contributed by atoms with Crippen LogP contribution in [0.5, 0.6) is 0 Å². The molecular weight excluding hydrogens is 458 g/mol. The molecule has 0 spiro atoms. The van der Waals surface area contributed by atoms with E-state index in [1.807, 2.05) is 0 Å². The number of phosphoric ester groups is 1. The minimum Gasteiger partial charge on any atom is -0.756 e. The summed E-state index contributed by atoms with van der Waals surface area (Å²) >= 11 is 0. The van der Waals surface area contributed by atoms with E-state index in [2.05, 4.69) is 18.1 Å². The van der Waals surface area contributed by atoms with Crippen molar-refractivity contribution >= 4 is 29.3 Å². The maximum Gasteiger partial charge on any atom is 1.00 e. The third kappa shape index (κ3) is 8.33. The quantitative estimate of drug-likeness (QED) is 0.175. The predicted octanol–water partition coefficient (Wildman–Crippen LogP) is -4.81. The average molecular weight is 473 g/mol. The summed E-state index contributed by atoms with van der Waals surface area (Å²) in [6, 6.07) is 1.30. The van der Waals surface area contributed by atoms with Crippen LogP contribution in [0.2, 0.25) is 0 Å². The van der Waals surface area contributed by atoms with E-state index in [4.69, 9.17) is 20.3 Å². The van der Waals surface area contributed by atoms with Crippen LogP contribution in [0, 0.1) is 0 Å². The molecule has 6 N–H and O–H groups in total. The summed E-state index contributed by atoms with van der Waals surface area (Å²) in [5.74, 6) is -0.0424. The summed E-state index contributed by atoms with van der Waals surface area (Å²) < 4.78 is 50.9. The van der Waals surface area contributed by atoms with Crippen molar-refractivity contribution in [2.45, 2.75) is 24.9 Å². The molecule has 1 aromatic rings. The van der Waals surface area contributed by atoms with Gasteiger partial charge in [0.2, 0.25) is 0 Å². The standard InChI is InChI=1S/C9H16N3O13P3.Li/c10-7-1-2-12(9(14)11-7)8-3-5(13)6(23-8)4-22-27(18,19)25-28(20,21)24-26(15,16)17;/h1-2,5-6,8,13H,3-4H2,(H,18,19)(H,20,21)(H2,10,11,14)(H2,15,16,17);/q;+1/p-1/t5-,6+,8+;/m0./s1. The number of nitrogens with zero attached hydrogens (tertiary/aromatic N) is 2. The fourth-order valence-electron chi connectivity index (χ4n) is 2.15. The summed E-state index contributed by atoms with van der Waals surface area (Å²) in [6.45, 7) is -0.864. The second-order valence-electron chi connectivity index (χ2n) is 5.34. The molecule has 1 fully saturated rings. The largest absolute Gasteiger partial charge is 1.00 e. The molecule has 0 aromatic carbocycles. The van der Waals surface area contributed by atoms with Gasteiger partial charge in [-0.2, -0.15) is 9.29 Å². The zero-order chi connectivity index (χ0) is 21.3. The van der Waals surface area contributed by atoms with Crippen molar-refractivity contribution in [1.29, 1.82) is 0 Å². The fraction of sp³-hybridized carbons (Fsp3) is 0.556. The number of rotatable bonds is 8. The molecule has 0 aliphatic carbocycles. The Morgan fingerprint density at radius 1 is 1.28 bits per heavy atom. The van der Waals surface area contributed by atoms with Gasteiger partial charge >= 0.3 is 40.2 Å². The molecule has 1 aromatic heterocycles. The first-order valence-electron chi connectivity index (χ1n) is 7.12. The minimum atomic E-state index is -5.76. The molecule has 160 valence electrons. The molecule has 29 heavy (non-hydrogen) atoms. The van der Waals surface area contributed by atoms with E-state index in [0.717, 1.165) is 4.57 Å². The third-order valence-corrected chi connectivity index (χ3v) is 6.96. The van der Waals surface area contributed by atoms with Gasteiger partial charge in [0.15, 0.2) is 0 Å². The van der Waals surface area contributed by atoms with Crippen LogP contribution < -0.4 is 35.2 Å². The molecule has 1 aliphatic rings. The van der Waals surface area contributed by atoms with Crippen LogP contribution >= 0.6 is 23.5 Å². The number of hydrogen-bond donors (Lipinski definition) is 5. The van der Waals surface area contributed by atoms with Crippen molar-refractivity contribution in [2.24, 2.45) is 0 Å². The predicted molar refractivity (Wildman–Crippen MR) is 85.0 cm³/mol. The Hall–Kier alpha value is -0.393. The smallest absolute Gasteiger partial charge is 0.756 e. The van der Waals surface area contributed by atoms with E-state index < -0.39 is 54.2 Å². The monoisotopic (exact) mass is 473 g/mol. The van der Waals surface area contributed by atoms with Gasteiger partial charge in [-0.25, -0.2) is 18.2 Å². The molecule has 2 heterocycles. The SMILES string of the molecule is Nc1ccn([C@H]2C[C@H](O)[C@@H](COP(=O)(O)OP(=O)(O)OP(=O)([O-])O)O2)c(=O)n1.[Li+]. The van der Waals surface area contributed by atoms with Crippen molar-refractivity contribution in [1.82, 2.24) is 9.55 Å². The Balaban J connectivity index is 0.00000420. The number of phosphoric acid groups is 3. The van der Waals surface area contributed by atoms with Crippen LogP contribution in [0.1, 0.15) is 12.6 Å². The second kappa shape index (κ2) is 9.82. The summed E-state index contributed by atoms with van der Waals surface area (Å²) in [7, 11) is -16.9. The van der Waals surface area contributed by atoms with Crippen molar-refractivity contribution < 1.29 is 75.1 Å². The van der Waals surface area contributed by atoms with Crippen LogP contribution in [0.15, 0.2) is 17.1 Å². The van der Waals surface area contributed by atoms with Gasteiger partial charge in [-0.3, -0.25) is 13.7 Å². The molecule has 2 rings (SSSR count). The molecule has 1 saturated heterocycles. The van der Waals surface area contributed by atoms with Gasteiger partial charge in [-0.05, 0) is 6.07 Å². The molecule has 3 unspecified atom stereocenters. The number of aliphatic hydroxyl groups excluding tert-OH is 1. The summed E-state index contributed by atoms with van der Waals surface area (Å²) in [5, 5.41) is 9.93. The van der Waals surface area contributed by atoms with Crippen LogP contribution in [0.4, 0.5) is 5.82 Å². The Labute approximate surface area is 174 Å². The number of nitrogens with two attached hydrogens (primary N) is 1. The molecule has 1 aliphatic heterocycles. The molecule has 16 nitrogen and oxygen atoms in total. The normalized spacial score (nSPS) is 28.0. The number of ether oxygens (including phenoxy) is 1. The summed E-state index contributed by atoms with van der Waals surface area (Å²) in [6.07, 6.45) is -2.47. The van der Waals surface area contributed by atoms with Crippen LogP contribution in [-0.4, -0.2) is 48.2 Å². The van der Waals surface area contributed by atoms with Crippen LogP contribution in [0.3, 0.4) is 0 Å². The van der Waals surface area contributed by atoms with E-state index in [1.165, 1.54) is 12.3 Å². The van der Waals surface area contributed by atoms with Gasteiger partial charge in [0, 0.05) is 12.6 Å². The topological polar surface area (TPSA) is 253 Å². The zero-order valence-electron chi connectivity index (χ0n) is 14.6. The first-order valence-corrected chi connectivity index (χ1v) is 11.6. The number of anilines is 1.